The van der Waals surface area contributed by atoms with E-state index in [1.165, 1.54) is 0 Å². The summed E-state index contributed by atoms with van der Waals surface area (Å²) < 4.78 is 16.0. The molecule has 1 saturated heterocycles. The van der Waals surface area contributed by atoms with Gasteiger partial charge in [-0.05, 0) is 25.3 Å². The van der Waals surface area contributed by atoms with Gasteiger partial charge in [-0.1, -0.05) is 29.4 Å². The van der Waals surface area contributed by atoms with Crippen molar-refractivity contribution in [3.05, 3.63) is 35.7 Å². The molecule has 2 unspecified atom stereocenters. The molecule has 1 aliphatic heterocycles. The van der Waals surface area contributed by atoms with Crippen molar-refractivity contribution in [1.82, 2.24) is 15.5 Å². The Kier molecular flexibility index (Phi) is 6.35. The molecule has 0 saturated carbocycles. The lowest BCUT2D eigenvalue weighted by molar-refractivity contribution is -0.125. The minimum Gasteiger partial charge on any atom is -0.379 e. The molecule has 3 rings (SSSR count). The second-order valence-electron chi connectivity index (χ2n) is 6.49. The van der Waals surface area contributed by atoms with Gasteiger partial charge in [-0.15, -0.1) is 0 Å². The van der Waals surface area contributed by atoms with E-state index in [0.717, 1.165) is 17.5 Å². The Morgan fingerprint density at radius 3 is 3.04 bits per heavy atom. The molecule has 7 heteroatoms. The van der Waals surface area contributed by atoms with Crippen molar-refractivity contribution in [2.24, 2.45) is 0 Å². The lowest BCUT2D eigenvalue weighted by Gasteiger charge is -2.31. The van der Waals surface area contributed by atoms with Crippen LogP contribution in [-0.2, 0) is 20.7 Å². The van der Waals surface area contributed by atoms with E-state index in [0.29, 0.717) is 44.2 Å². The average molecular weight is 359 g/mol. The molecule has 0 spiro atoms. The molecule has 0 aliphatic carbocycles. The van der Waals surface area contributed by atoms with Crippen LogP contribution in [0.5, 0.6) is 0 Å². The number of nitrogens with one attached hydrogen (secondary N) is 1. The highest BCUT2D eigenvalue weighted by Gasteiger charge is 2.26. The van der Waals surface area contributed by atoms with Crippen LogP contribution in [0.3, 0.4) is 0 Å². The zero-order chi connectivity index (χ0) is 18.4. The van der Waals surface area contributed by atoms with Crippen LogP contribution in [0.15, 0.2) is 28.8 Å². The van der Waals surface area contributed by atoms with Gasteiger partial charge >= 0.3 is 0 Å². The molecule has 1 aliphatic rings. The second kappa shape index (κ2) is 8.91. The third kappa shape index (κ3) is 4.68. The van der Waals surface area contributed by atoms with Crippen LogP contribution < -0.4 is 5.32 Å². The van der Waals surface area contributed by atoms with Gasteiger partial charge in [0.2, 0.25) is 17.6 Å². The summed E-state index contributed by atoms with van der Waals surface area (Å²) in [6.07, 6.45) is 2.33. The largest absolute Gasteiger partial charge is 0.379 e. The zero-order valence-electron chi connectivity index (χ0n) is 15.2. The number of nitrogens with zero attached hydrogens (tertiary/aromatic N) is 2. The van der Waals surface area contributed by atoms with Crippen molar-refractivity contribution in [3.8, 4) is 11.4 Å². The molecule has 2 atom stereocenters. The van der Waals surface area contributed by atoms with Crippen molar-refractivity contribution >= 4 is 5.91 Å². The van der Waals surface area contributed by atoms with Gasteiger partial charge in [0.05, 0.1) is 12.6 Å². The predicted octanol–water partition coefficient (Wildman–Crippen LogP) is 2.29. The van der Waals surface area contributed by atoms with Gasteiger partial charge in [0, 0.05) is 32.1 Å². The number of amides is 1. The Morgan fingerprint density at radius 1 is 1.38 bits per heavy atom. The number of aryl methyl sites for hydroxylation is 2. The molecule has 2 aromatic rings. The van der Waals surface area contributed by atoms with Crippen LogP contribution in [-0.4, -0.2) is 48.5 Å². The molecule has 140 valence electrons. The molecule has 1 aromatic heterocycles. The zero-order valence-corrected chi connectivity index (χ0v) is 15.2. The molecule has 1 amide bonds. The van der Waals surface area contributed by atoms with Gasteiger partial charge in [0.25, 0.3) is 0 Å². The second-order valence-corrected chi connectivity index (χ2v) is 6.49. The SMILES string of the molecule is COC1COCCC1NC(=O)CCCc1nc(-c2ccccc2C)no1. The highest BCUT2D eigenvalue weighted by molar-refractivity contribution is 5.76. The van der Waals surface area contributed by atoms with Crippen molar-refractivity contribution in [1.29, 1.82) is 0 Å². The fraction of sp³-hybridized carbons (Fsp3) is 0.526. The van der Waals surface area contributed by atoms with Gasteiger partial charge in [0.15, 0.2) is 0 Å². The number of carbonyl (C=O) groups is 1. The lowest BCUT2D eigenvalue weighted by atomic mass is 10.1. The first-order valence-electron chi connectivity index (χ1n) is 8.96. The van der Waals surface area contributed by atoms with E-state index in [2.05, 4.69) is 15.5 Å². The summed E-state index contributed by atoms with van der Waals surface area (Å²) in [6, 6.07) is 7.92. The summed E-state index contributed by atoms with van der Waals surface area (Å²) in [7, 11) is 1.64. The Bertz CT molecular complexity index is 731. The minimum atomic E-state index is -0.0830. The van der Waals surface area contributed by atoms with E-state index in [9.17, 15) is 4.79 Å². The van der Waals surface area contributed by atoms with Gasteiger partial charge in [-0.2, -0.15) is 4.98 Å². The molecule has 2 heterocycles. The average Bonchev–Trinajstić information content (AvgIpc) is 3.11. The first-order valence-corrected chi connectivity index (χ1v) is 8.96. The topological polar surface area (TPSA) is 86.5 Å². The quantitative estimate of drug-likeness (QED) is 0.816. The van der Waals surface area contributed by atoms with Gasteiger partial charge in [-0.25, -0.2) is 0 Å². The Labute approximate surface area is 153 Å². The van der Waals surface area contributed by atoms with Crippen molar-refractivity contribution in [2.45, 2.75) is 44.8 Å². The number of carbonyl (C=O) groups excluding carboxylic acids is 1. The molecule has 1 aromatic carbocycles. The van der Waals surface area contributed by atoms with Gasteiger partial charge < -0.3 is 19.3 Å². The summed E-state index contributed by atoms with van der Waals surface area (Å²) in [4.78, 5) is 16.6. The molecule has 7 nitrogen and oxygen atoms in total. The number of ether oxygens (including phenoxy) is 2. The third-order valence-corrected chi connectivity index (χ3v) is 4.60. The normalized spacial score (nSPS) is 20.1. The molecule has 26 heavy (non-hydrogen) atoms. The number of rotatable bonds is 7. The summed E-state index contributed by atoms with van der Waals surface area (Å²) >= 11 is 0. The van der Waals surface area contributed by atoms with Gasteiger partial charge in [0.1, 0.15) is 6.10 Å². The fourth-order valence-corrected chi connectivity index (χ4v) is 3.08. The van der Waals surface area contributed by atoms with E-state index in [1.54, 1.807) is 7.11 Å². The smallest absolute Gasteiger partial charge is 0.226 e. The Morgan fingerprint density at radius 2 is 2.23 bits per heavy atom. The van der Waals surface area contributed by atoms with Crippen LogP contribution in [0, 0.1) is 6.92 Å². The first-order chi connectivity index (χ1) is 12.7. The van der Waals surface area contributed by atoms with Crippen LogP contribution in [0.1, 0.15) is 30.7 Å². The van der Waals surface area contributed by atoms with Crippen LogP contribution in [0.4, 0.5) is 0 Å². The Balaban J connectivity index is 1.46. The number of aromatic nitrogens is 2. The van der Waals surface area contributed by atoms with Crippen molar-refractivity contribution < 1.29 is 18.8 Å². The number of benzene rings is 1. The maximum absolute atomic E-state index is 12.2. The van der Waals surface area contributed by atoms with E-state index in [-0.39, 0.29) is 18.1 Å². The standard InChI is InChI=1S/C19H25N3O4/c1-13-6-3-4-7-14(13)19-21-18(26-22-19)9-5-8-17(23)20-15-10-11-25-12-16(15)24-2/h3-4,6-7,15-16H,5,8-12H2,1-2H3,(H,20,23). The molecule has 1 N–H and O–H groups in total. The predicted molar refractivity (Wildman–Crippen MR) is 95.6 cm³/mol. The third-order valence-electron chi connectivity index (χ3n) is 4.60. The van der Waals surface area contributed by atoms with E-state index < -0.39 is 0 Å². The molecule has 1 fully saturated rings. The summed E-state index contributed by atoms with van der Waals surface area (Å²) in [5.41, 5.74) is 2.06. The maximum atomic E-state index is 12.2. The molecule has 0 radical (unpaired) electrons. The number of hydrogen-bond donors (Lipinski definition) is 1. The van der Waals surface area contributed by atoms with Gasteiger partial charge in [-0.3, -0.25) is 4.79 Å². The number of methoxy groups -OCH3 is 1. The molecular formula is C19H25N3O4. The number of hydrogen-bond acceptors (Lipinski definition) is 6. The van der Waals surface area contributed by atoms with Crippen LogP contribution in [0.25, 0.3) is 11.4 Å². The van der Waals surface area contributed by atoms with Crippen molar-refractivity contribution in [2.75, 3.05) is 20.3 Å². The summed E-state index contributed by atoms with van der Waals surface area (Å²) in [5, 5.41) is 7.08. The fourth-order valence-electron chi connectivity index (χ4n) is 3.08. The van der Waals surface area contributed by atoms with Crippen molar-refractivity contribution in [3.63, 3.8) is 0 Å². The van der Waals surface area contributed by atoms with E-state index >= 15 is 0 Å². The highest BCUT2D eigenvalue weighted by Crippen LogP contribution is 2.20. The van der Waals surface area contributed by atoms with E-state index in [4.69, 9.17) is 14.0 Å². The van der Waals surface area contributed by atoms with E-state index in [1.807, 2.05) is 31.2 Å². The minimum absolute atomic E-state index is 0.0114. The Hall–Kier alpha value is -2.25. The lowest BCUT2D eigenvalue weighted by Crippen LogP contribution is -2.49. The van der Waals surface area contributed by atoms with Crippen LogP contribution >= 0.6 is 0 Å². The highest BCUT2D eigenvalue weighted by atomic mass is 16.5. The summed E-state index contributed by atoms with van der Waals surface area (Å²) in [6.45, 7) is 3.18. The molecular weight excluding hydrogens is 334 g/mol. The summed E-state index contributed by atoms with van der Waals surface area (Å²) in [5.74, 6) is 1.15. The van der Waals surface area contributed by atoms with Crippen LogP contribution in [0.2, 0.25) is 0 Å². The molecule has 0 bridgehead atoms. The maximum Gasteiger partial charge on any atom is 0.226 e. The first kappa shape index (κ1) is 18.5. The monoisotopic (exact) mass is 359 g/mol.